The molecule has 6 nitrogen and oxygen atoms in total. The molecule has 0 aromatic carbocycles. The van der Waals surface area contributed by atoms with Crippen molar-refractivity contribution in [2.75, 3.05) is 40.3 Å². The Hall–Kier alpha value is -1.30. The topological polar surface area (TPSA) is 60.0 Å². The summed E-state index contributed by atoms with van der Waals surface area (Å²) in [5, 5.41) is 7.07. The second-order valence-electron chi connectivity index (χ2n) is 9.28. The number of hydrogen-bond acceptors (Lipinski definition) is 3. The lowest BCUT2D eigenvalue weighted by atomic mass is 9.85. The Morgan fingerprint density at radius 3 is 2.29 bits per heavy atom. The summed E-state index contributed by atoms with van der Waals surface area (Å²) in [5.74, 6) is 1.13. The van der Waals surface area contributed by atoms with Crippen LogP contribution in [0.25, 0.3) is 0 Å². The number of aliphatic imine (C=N–C) groups is 1. The maximum atomic E-state index is 12.8. The van der Waals surface area contributed by atoms with Gasteiger partial charge in [0.15, 0.2) is 5.96 Å². The van der Waals surface area contributed by atoms with Crippen LogP contribution < -0.4 is 10.6 Å². The number of nitrogens with one attached hydrogen (secondary N) is 2. The molecule has 0 aromatic rings. The van der Waals surface area contributed by atoms with Gasteiger partial charge < -0.3 is 20.4 Å². The molecule has 2 saturated carbocycles. The molecule has 6 heteroatoms. The van der Waals surface area contributed by atoms with E-state index in [0.717, 1.165) is 44.2 Å². The Balaban J connectivity index is 1.56. The first-order chi connectivity index (χ1) is 13.5. The molecule has 2 aliphatic carbocycles. The lowest BCUT2D eigenvalue weighted by Crippen LogP contribution is -2.50. The molecule has 0 aromatic heterocycles. The second-order valence-corrected chi connectivity index (χ2v) is 9.28. The molecule has 1 amide bonds. The van der Waals surface area contributed by atoms with Crippen molar-refractivity contribution < 1.29 is 4.79 Å². The number of guanidine groups is 1. The summed E-state index contributed by atoms with van der Waals surface area (Å²) in [4.78, 5) is 22.2. The molecule has 0 spiro atoms. The van der Waals surface area contributed by atoms with Gasteiger partial charge in [0.05, 0.1) is 12.0 Å². The standard InChI is InChI=1S/C22H41N5O/c1-4-23-21(24-17-22(13-7-8-14-22)20(28)26(2)3)25-18-11-15-27(16-12-18)19-9-5-6-10-19/h18-19H,4-17H2,1-3H3,(H2,23,24,25). The number of nitrogens with zero attached hydrogens (tertiary/aromatic N) is 3. The van der Waals surface area contributed by atoms with Gasteiger partial charge in [-0.05, 0) is 45.4 Å². The van der Waals surface area contributed by atoms with Crippen LogP contribution in [-0.4, -0.2) is 74.0 Å². The van der Waals surface area contributed by atoms with E-state index in [9.17, 15) is 4.79 Å². The molecule has 0 radical (unpaired) electrons. The van der Waals surface area contributed by atoms with E-state index in [1.807, 2.05) is 14.1 Å². The van der Waals surface area contributed by atoms with E-state index in [0.29, 0.717) is 12.6 Å². The zero-order chi connectivity index (χ0) is 20.0. The number of amides is 1. The van der Waals surface area contributed by atoms with E-state index in [4.69, 9.17) is 4.99 Å². The van der Waals surface area contributed by atoms with Crippen LogP contribution in [0.15, 0.2) is 4.99 Å². The summed E-state index contributed by atoms with van der Waals surface area (Å²) in [6.07, 6.45) is 12.2. The lowest BCUT2D eigenvalue weighted by molar-refractivity contribution is -0.138. The quantitative estimate of drug-likeness (QED) is 0.540. The van der Waals surface area contributed by atoms with E-state index in [1.165, 1.54) is 51.6 Å². The SMILES string of the molecule is CCNC(=NCC1(C(=O)N(C)C)CCCC1)NC1CCN(C2CCCC2)CC1. The Morgan fingerprint density at radius 2 is 1.71 bits per heavy atom. The van der Waals surface area contributed by atoms with Crippen LogP contribution in [0, 0.1) is 5.41 Å². The number of carbonyl (C=O) groups excluding carboxylic acids is 1. The first-order valence-electron chi connectivity index (χ1n) is 11.5. The highest BCUT2D eigenvalue weighted by atomic mass is 16.2. The summed E-state index contributed by atoms with van der Waals surface area (Å²) >= 11 is 0. The highest BCUT2D eigenvalue weighted by molar-refractivity contribution is 5.84. The van der Waals surface area contributed by atoms with Gasteiger partial charge in [0.25, 0.3) is 0 Å². The maximum absolute atomic E-state index is 12.8. The molecule has 0 unspecified atom stereocenters. The molecular weight excluding hydrogens is 350 g/mol. The minimum Gasteiger partial charge on any atom is -0.357 e. The van der Waals surface area contributed by atoms with E-state index in [1.54, 1.807) is 4.90 Å². The van der Waals surface area contributed by atoms with E-state index in [-0.39, 0.29) is 11.3 Å². The molecule has 28 heavy (non-hydrogen) atoms. The van der Waals surface area contributed by atoms with E-state index in [2.05, 4.69) is 22.5 Å². The number of likely N-dealkylation sites (tertiary alicyclic amines) is 1. The summed E-state index contributed by atoms with van der Waals surface area (Å²) in [6, 6.07) is 1.32. The van der Waals surface area contributed by atoms with Gasteiger partial charge in [-0.25, -0.2) is 0 Å². The largest absolute Gasteiger partial charge is 0.357 e. The van der Waals surface area contributed by atoms with Crippen molar-refractivity contribution in [2.24, 2.45) is 10.4 Å². The van der Waals surface area contributed by atoms with E-state index < -0.39 is 0 Å². The molecule has 1 heterocycles. The van der Waals surface area contributed by atoms with Crippen LogP contribution in [0.4, 0.5) is 0 Å². The van der Waals surface area contributed by atoms with Crippen LogP contribution >= 0.6 is 0 Å². The third-order valence-electron chi connectivity index (χ3n) is 7.02. The van der Waals surface area contributed by atoms with Crippen LogP contribution in [0.5, 0.6) is 0 Å². The molecule has 3 fully saturated rings. The van der Waals surface area contributed by atoms with Gasteiger partial charge in [-0.15, -0.1) is 0 Å². The monoisotopic (exact) mass is 391 g/mol. The summed E-state index contributed by atoms with van der Waals surface area (Å²) < 4.78 is 0. The summed E-state index contributed by atoms with van der Waals surface area (Å²) in [7, 11) is 3.74. The van der Waals surface area contributed by atoms with Crippen molar-refractivity contribution in [1.82, 2.24) is 20.4 Å². The summed E-state index contributed by atoms with van der Waals surface area (Å²) in [5.41, 5.74) is -0.294. The Morgan fingerprint density at radius 1 is 1.07 bits per heavy atom. The predicted molar refractivity (Wildman–Crippen MR) is 116 cm³/mol. The molecule has 3 rings (SSSR count). The molecular formula is C22H41N5O. The number of carbonyl (C=O) groups is 1. The maximum Gasteiger partial charge on any atom is 0.230 e. The van der Waals surface area contributed by atoms with Gasteiger partial charge in [0.1, 0.15) is 0 Å². The molecule has 160 valence electrons. The van der Waals surface area contributed by atoms with Crippen LogP contribution in [0.2, 0.25) is 0 Å². The zero-order valence-electron chi connectivity index (χ0n) is 18.3. The average Bonchev–Trinajstić information content (AvgIpc) is 3.39. The van der Waals surface area contributed by atoms with Gasteiger partial charge >= 0.3 is 0 Å². The third-order valence-corrected chi connectivity index (χ3v) is 7.02. The van der Waals surface area contributed by atoms with Crippen molar-refractivity contribution in [2.45, 2.75) is 83.2 Å². The van der Waals surface area contributed by atoms with Gasteiger partial charge in [-0.3, -0.25) is 9.79 Å². The Kier molecular flexibility index (Phi) is 7.61. The van der Waals surface area contributed by atoms with Gasteiger partial charge in [-0.2, -0.15) is 0 Å². The lowest BCUT2D eigenvalue weighted by Gasteiger charge is -2.36. The number of piperidine rings is 1. The fourth-order valence-electron chi connectivity index (χ4n) is 5.39. The van der Waals surface area contributed by atoms with Crippen molar-refractivity contribution in [3.63, 3.8) is 0 Å². The Labute approximate surface area is 171 Å². The Bertz CT molecular complexity index is 527. The molecule has 0 bridgehead atoms. The number of rotatable bonds is 6. The third kappa shape index (κ3) is 5.19. The first-order valence-corrected chi connectivity index (χ1v) is 11.5. The van der Waals surface area contributed by atoms with Crippen molar-refractivity contribution >= 4 is 11.9 Å². The molecule has 1 saturated heterocycles. The van der Waals surface area contributed by atoms with Gasteiger partial charge in [0, 0.05) is 45.8 Å². The molecule has 2 N–H and O–H groups in total. The average molecular weight is 392 g/mol. The fourth-order valence-corrected chi connectivity index (χ4v) is 5.39. The van der Waals surface area contributed by atoms with Gasteiger partial charge in [0.2, 0.25) is 5.91 Å². The highest BCUT2D eigenvalue weighted by Gasteiger charge is 2.42. The molecule has 0 atom stereocenters. The minimum atomic E-state index is -0.294. The molecule has 1 aliphatic heterocycles. The predicted octanol–water partition coefficient (Wildman–Crippen LogP) is 2.60. The van der Waals surface area contributed by atoms with Crippen molar-refractivity contribution in [3.8, 4) is 0 Å². The van der Waals surface area contributed by atoms with E-state index >= 15 is 0 Å². The summed E-state index contributed by atoms with van der Waals surface area (Å²) in [6.45, 7) is 5.95. The molecule has 3 aliphatic rings. The van der Waals surface area contributed by atoms with Crippen molar-refractivity contribution in [1.29, 1.82) is 0 Å². The first kappa shape index (κ1) is 21.4. The van der Waals surface area contributed by atoms with Crippen LogP contribution in [0.3, 0.4) is 0 Å². The smallest absolute Gasteiger partial charge is 0.230 e. The number of hydrogen-bond donors (Lipinski definition) is 2. The fraction of sp³-hybridized carbons (Fsp3) is 0.909. The minimum absolute atomic E-state index is 0.245. The van der Waals surface area contributed by atoms with Crippen molar-refractivity contribution in [3.05, 3.63) is 0 Å². The second kappa shape index (κ2) is 9.95. The van der Waals surface area contributed by atoms with Crippen LogP contribution in [-0.2, 0) is 4.79 Å². The van der Waals surface area contributed by atoms with Gasteiger partial charge in [-0.1, -0.05) is 25.7 Å². The normalized spacial score (nSPS) is 24.5. The van der Waals surface area contributed by atoms with Crippen LogP contribution in [0.1, 0.15) is 71.1 Å². The zero-order valence-corrected chi connectivity index (χ0v) is 18.3. The highest BCUT2D eigenvalue weighted by Crippen LogP contribution is 2.39.